The lowest BCUT2D eigenvalue weighted by Gasteiger charge is -2.30. The predicted octanol–water partition coefficient (Wildman–Crippen LogP) is 6.95. The molecule has 10 heteroatoms. The molecule has 0 aromatic heterocycles. The molecule has 308 valence electrons. The second-order valence-electron chi connectivity index (χ2n) is 14.8. The zero-order valence-corrected chi connectivity index (χ0v) is 33.3. The Balaban J connectivity index is 1.13. The number of ether oxygens (including phenoxy) is 4. The summed E-state index contributed by atoms with van der Waals surface area (Å²) in [4.78, 5) is 0. The highest BCUT2D eigenvalue weighted by Crippen LogP contribution is 2.40. The van der Waals surface area contributed by atoms with Crippen LogP contribution in [0.1, 0.15) is 47.2 Å². The summed E-state index contributed by atoms with van der Waals surface area (Å²) in [6, 6.07) is 41.9. The van der Waals surface area contributed by atoms with Crippen molar-refractivity contribution in [1.29, 1.82) is 0 Å². The van der Waals surface area contributed by atoms with Crippen LogP contribution in [0.3, 0.4) is 0 Å². The van der Waals surface area contributed by atoms with Gasteiger partial charge in [0.1, 0.15) is 61.6 Å². The third-order valence-corrected chi connectivity index (χ3v) is 10.3. The molecule has 0 bridgehead atoms. The van der Waals surface area contributed by atoms with E-state index in [4.69, 9.17) is 18.9 Å². The molecule has 6 aromatic rings. The Kier molecular flexibility index (Phi) is 14.8. The molecule has 0 amide bonds. The quantitative estimate of drug-likeness (QED) is 0.0478. The van der Waals surface area contributed by atoms with Crippen LogP contribution in [0.5, 0.6) is 23.0 Å². The largest absolute Gasteiger partial charge is 0.490 e. The van der Waals surface area contributed by atoms with Crippen LogP contribution in [0.4, 0.5) is 0 Å². The van der Waals surface area contributed by atoms with Crippen molar-refractivity contribution in [2.75, 3.05) is 26.4 Å². The van der Waals surface area contributed by atoms with Crippen LogP contribution in [0.2, 0.25) is 0 Å². The van der Waals surface area contributed by atoms with Gasteiger partial charge >= 0.3 is 0 Å². The van der Waals surface area contributed by atoms with Gasteiger partial charge in [0.2, 0.25) is 0 Å². The molecule has 0 heterocycles. The topological polar surface area (TPSA) is 158 Å². The van der Waals surface area contributed by atoms with Crippen LogP contribution in [-0.2, 0) is 31.8 Å². The predicted molar refractivity (Wildman–Crippen MR) is 226 cm³/mol. The van der Waals surface area contributed by atoms with Crippen molar-refractivity contribution in [2.24, 2.45) is 0 Å². The summed E-state index contributed by atoms with van der Waals surface area (Å²) in [5.41, 5.74) is 6.09. The summed E-state index contributed by atoms with van der Waals surface area (Å²) in [6.07, 6.45) is -2.04. The normalized spacial score (nSPS) is 12.5. The molecule has 6 aromatic carbocycles. The second kappa shape index (κ2) is 20.3. The highest BCUT2D eigenvalue weighted by Gasteiger charge is 2.29. The molecule has 10 nitrogen and oxygen atoms in total. The van der Waals surface area contributed by atoms with Crippen LogP contribution in [-0.4, -0.2) is 69.3 Å². The number of hydrogen-bond donors (Lipinski definition) is 6. The zero-order chi connectivity index (χ0) is 41.8. The third kappa shape index (κ3) is 10.5. The van der Waals surface area contributed by atoms with Gasteiger partial charge in [-0.2, -0.15) is 0 Å². The van der Waals surface area contributed by atoms with Crippen LogP contribution in [0.15, 0.2) is 133 Å². The number of aliphatic hydroxyl groups excluding tert-OH is 6. The molecule has 2 atom stereocenters. The highest BCUT2D eigenvalue weighted by atomic mass is 16.5. The average Bonchev–Trinajstić information content (AvgIpc) is 3.28. The first kappa shape index (κ1) is 42.9. The lowest BCUT2D eigenvalue weighted by atomic mass is 9.76. The van der Waals surface area contributed by atoms with E-state index >= 15 is 0 Å². The maximum absolute atomic E-state index is 10.9. The van der Waals surface area contributed by atoms with E-state index in [1.807, 2.05) is 123 Å². The van der Waals surface area contributed by atoms with E-state index in [1.165, 1.54) is 0 Å². The van der Waals surface area contributed by atoms with Gasteiger partial charge in [-0.3, -0.25) is 0 Å². The maximum Gasteiger partial charge on any atom is 0.130 e. The van der Waals surface area contributed by atoms with E-state index in [0.717, 1.165) is 33.4 Å². The summed E-state index contributed by atoms with van der Waals surface area (Å²) < 4.78 is 24.0. The first-order valence-corrected chi connectivity index (χ1v) is 19.6. The Hall–Kier alpha value is -5.72. The Morgan fingerprint density at radius 3 is 1.07 bits per heavy atom. The van der Waals surface area contributed by atoms with Gasteiger partial charge in [-0.05, 0) is 58.7 Å². The molecule has 0 spiro atoms. The summed E-state index contributed by atoms with van der Waals surface area (Å²) in [6.45, 7) is 1.90. The highest BCUT2D eigenvalue weighted by molar-refractivity contribution is 5.71. The molecule has 6 N–H and O–H groups in total. The fourth-order valence-corrected chi connectivity index (χ4v) is 6.96. The Morgan fingerprint density at radius 1 is 0.424 bits per heavy atom. The lowest BCUT2D eigenvalue weighted by Crippen LogP contribution is -2.26. The SMILES string of the molecule is CC(C)(c1cc(CO)c(OCC(O)COc2ccccc2-c2ccccc2)c(CO)c1)c1cc(CO)c(OCC(O)COc2ccccc2-c2ccccc2)c(CO)c1. The molecule has 59 heavy (non-hydrogen) atoms. The van der Waals surface area contributed by atoms with E-state index in [1.54, 1.807) is 24.3 Å². The minimum atomic E-state index is -1.02. The first-order valence-electron chi connectivity index (χ1n) is 19.6. The first-order chi connectivity index (χ1) is 28.7. The van der Waals surface area contributed by atoms with E-state index in [2.05, 4.69) is 0 Å². The number of hydrogen-bond acceptors (Lipinski definition) is 10. The average molecular weight is 801 g/mol. The monoisotopic (exact) mass is 800 g/mol. The van der Waals surface area contributed by atoms with E-state index in [9.17, 15) is 30.6 Å². The minimum Gasteiger partial charge on any atom is -0.490 e. The van der Waals surface area contributed by atoms with E-state index in [-0.39, 0.29) is 37.9 Å². The van der Waals surface area contributed by atoms with Gasteiger partial charge < -0.3 is 49.6 Å². The van der Waals surface area contributed by atoms with Crippen LogP contribution in [0, 0.1) is 0 Å². The summed E-state index contributed by atoms with van der Waals surface area (Å²) in [5, 5.41) is 63.6. The van der Waals surface area contributed by atoms with Crippen molar-refractivity contribution in [3.8, 4) is 45.3 Å². The summed E-state index contributed by atoms with van der Waals surface area (Å²) >= 11 is 0. The Labute approximate surface area is 345 Å². The third-order valence-electron chi connectivity index (χ3n) is 10.3. The molecule has 0 aliphatic heterocycles. The molecule has 2 unspecified atom stereocenters. The molecular weight excluding hydrogens is 749 g/mol. The number of benzene rings is 6. The summed E-state index contributed by atoms with van der Waals surface area (Å²) in [7, 11) is 0. The van der Waals surface area contributed by atoms with Crippen molar-refractivity contribution in [3.05, 3.63) is 167 Å². The van der Waals surface area contributed by atoms with Crippen LogP contribution >= 0.6 is 0 Å². The fraction of sp³-hybridized carbons (Fsp3) is 0.265. The Bertz CT molecular complexity index is 2050. The molecular formula is C49H52O10. The van der Waals surface area contributed by atoms with Gasteiger partial charge in [0.05, 0.1) is 26.4 Å². The number of para-hydroxylation sites is 2. The molecule has 0 aliphatic rings. The standard InChI is InChI=1S/C49H52O10/c1-49(2,39-21-35(25-50)47(36(22-39)26-51)58-31-41(54)29-56-45-19-11-9-17-43(45)33-13-5-3-6-14-33)40-23-37(27-52)48(38(24-40)28-53)59-32-42(55)30-57-46-20-12-10-18-44(46)34-15-7-4-8-16-34/h3-24,41-42,50-55H,25-32H2,1-2H3. The molecule has 6 rings (SSSR count). The van der Waals surface area contributed by atoms with Crippen molar-refractivity contribution in [3.63, 3.8) is 0 Å². The van der Waals surface area contributed by atoms with Gasteiger partial charge in [-0.1, -0.05) is 111 Å². The molecule has 0 fully saturated rings. The van der Waals surface area contributed by atoms with Crippen LogP contribution < -0.4 is 18.9 Å². The molecule has 0 radical (unpaired) electrons. The van der Waals surface area contributed by atoms with Gasteiger partial charge in [0.15, 0.2) is 0 Å². The Morgan fingerprint density at radius 2 is 0.729 bits per heavy atom. The number of rotatable bonds is 20. The molecule has 0 saturated heterocycles. The zero-order valence-electron chi connectivity index (χ0n) is 33.3. The van der Waals surface area contributed by atoms with Crippen molar-refractivity contribution >= 4 is 0 Å². The van der Waals surface area contributed by atoms with Gasteiger partial charge in [-0.25, -0.2) is 0 Å². The van der Waals surface area contributed by atoms with Crippen molar-refractivity contribution < 1.29 is 49.6 Å². The van der Waals surface area contributed by atoms with Gasteiger partial charge in [-0.15, -0.1) is 0 Å². The van der Waals surface area contributed by atoms with Crippen molar-refractivity contribution in [2.45, 2.75) is 57.9 Å². The minimum absolute atomic E-state index is 0.0476. The number of aliphatic hydroxyl groups is 6. The van der Waals surface area contributed by atoms with E-state index < -0.39 is 44.1 Å². The smallest absolute Gasteiger partial charge is 0.130 e. The van der Waals surface area contributed by atoms with Crippen LogP contribution in [0.25, 0.3) is 22.3 Å². The van der Waals surface area contributed by atoms with E-state index in [0.29, 0.717) is 33.8 Å². The summed E-state index contributed by atoms with van der Waals surface area (Å²) in [5.74, 6) is 1.77. The second-order valence-corrected chi connectivity index (χ2v) is 14.8. The van der Waals surface area contributed by atoms with Crippen molar-refractivity contribution in [1.82, 2.24) is 0 Å². The lowest BCUT2D eigenvalue weighted by molar-refractivity contribution is 0.0611. The molecule has 0 aliphatic carbocycles. The van der Waals surface area contributed by atoms with Gasteiger partial charge in [0, 0.05) is 38.8 Å². The van der Waals surface area contributed by atoms with Gasteiger partial charge in [0.25, 0.3) is 0 Å². The fourth-order valence-electron chi connectivity index (χ4n) is 6.96. The molecule has 0 saturated carbocycles. The maximum atomic E-state index is 10.9.